The van der Waals surface area contributed by atoms with Crippen LogP contribution in [0.25, 0.3) is 0 Å². The number of aliphatic hydroxyl groups excluding tert-OH is 1. The van der Waals surface area contributed by atoms with E-state index in [0.717, 1.165) is 5.92 Å². The Labute approximate surface area is 104 Å². The highest BCUT2D eigenvalue weighted by Gasteiger charge is 2.63. The Morgan fingerprint density at radius 2 is 2.06 bits per heavy atom. The predicted molar refractivity (Wildman–Crippen MR) is 68.4 cm³/mol. The molecule has 0 spiro atoms. The summed E-state index contributed by atoms with van der Waals surface area (Å²) < 4.78 is 0. The Balaban J connectivity index is 1.76. The molecule has 4 rings (SSSR count). The first-order valence-electron chi connectivity index (χ1n) is 7.12. The van der Waals surface area contributed by atoms with Crippen molar-refractivity contribution < 1.29 is 5.11 Å². The summed E-state index contributed by atoms with van der Waals surface area (Å²) >= 11 is 0. The Bertz CT molecular complexity index is 423. The van der Waals surface area contributed by atoms with Gasteiger partial charge in [-0.1, -0.05) is 31.2 Å². The highest BCUT2D eigenvalue weighted by atomic mass is 16.3. The van der Waals surface area contributed by atoms with Crippen LogP contribution in [-0.4, -0.2) is 11.7 Å². The van der Waals surface area contributed by atoms with Gasteiger partial charge >= 0.3 is 0 Å². The van der Waals surface area contributed by atoms with Gasteiger partial charge in [0, 0.05) is 6.61 Å². The minimum absolute atomic E-state index is 0.276. The molecular weight excluding hydrogens is 208 g/mol. The quantitative estimate of drug-likeness (QED) is 0.722. The first kappa shape index (κ1) is 10.4. The molecule has 92 valence electrons. The normalized spacial score (nSPS) is 58.5. The molecule has 4 bridgehead atoms. The number of aliphatic hydroxyl groups is 1. The Kier molecular flexibility index (Phi) is 1.76. The largest absolute Gasteiger partial charge is 0.396 e. The summed E-state index contributed by atoms with van der Waals surface area (Å²) in [5.74, 6) is 1.35. The molecule has 4 aliphatic rings. The molecule has 5 atom stereocenters. The molecule has 4 aliphatic carbocycles. The van der Waals surface area contributed by atoms with Crippen molar-refractivity contribution in [3.63, 3.8) is 0 Å². The van der Waals surface area contributed by atoms with Crippen LogP contribution >= 0.6 is 0 Å². The molecule has 0 saturated heterocycles. The van der Waals surface area contributed by atoms with E-state index in [1.54, 1.807) is 0 Å². The van der Waals surface area contributed by atoms with Crippen molar-refractivity contribution in [3.05, 3.63) is 24.3 Å². The highest BCUT2D eigenvalue weighted by molar-refractivity contribution is 5.34. The lowest BCUT2D eigenvalue weighted by atomic mass is 9.62. The molecule has 2 fully saturated rings. The van der Waals surface area contributed by atoms with Crippen LogP contribution in [-0.2, 0) is 0 Å². The van der Waals surface area contributed by atoms with E-state index in [4.69, 9.17) is 0 Å². The maximum atomic E-state index is 9.63. The third kappa shape index (κ3) is 1.05. The molecule has 0 amide bonds. The molecule has 0 aromatic rings. The highest BCUT2D eigenvalue weighted by Crippen LogP contribution is 2.72. The van der Waals surface area contributed by atoms with Crippen molar-refractivity contribution in [2.24, 2.45) is 28.1 Å². The molecule has 1 N–H and O–H groups in total. The number of hydrogen-bond donors (Lipinski definition) is 1. The minimum atomic E-state index is 0.276. The first-order valence-corrected chi connectivity index (χ1v) is 7.12. The fraction of sp³-hybridized carbons (Fsp3) is 0.750. The second-order valence-electron chi connectivity index (χ2n) is 7.27. The van der Waals surface area contributed by atoms with Crippen LogP contribution in [0.5, 0.6) is 0 Å². The smallest absolute Gasteiger partial charge is 0.0467 e. The lowest BCUT2D eigenvalue weighted by Crippen LogP contribution is -2.34. The fourth-order valence-electron chi connectivity index (χ4n) is 5.43. The first-order chi connectivity index (χ1) is 8.12. The second-order valence-corrected chi connectivity index (χ2v) is 7.27. The summed E-state index contributed by atoms with van der Waals surface area (Å²) in [6, 6.07) is 0. The van der Waals surface area contributed by atoms with E-state index >= 15 is 0 Å². The lowest BCUT2D eigenvalue weighted by Gasteiger charge is -2.42. The van der Waals surface area contributed by atoms with E-state index in [1.807, 2.05) is 0 Å². The van der Waals surface area contributed by atoms with Gasteiger partial charge in [0.1, 0.15) is 0 Å². The van der Waals surface area contributed by atoms with Crippen LogP contribution < -0.4 is 0 Å². The summed E-state index contributed by atoms with van der Waals surface area (Å²) in [6.07, 6.45) is 16.6. The van der Waals surface area contributed by atoms with E-state index < -0.39 is 0 Å². The number of hydrogen-bond acceptors (Lipinski definition) is 1. The SMILES string of the molecule is C[C@@]12C=CC(C34C=CC(CC3)C4)(CC1CO)C2. The Morgan fingerprint density at radius 1 is 1.18 bits per heavy atom. The van der Waals surface area contributed by atoms with Crippen LogP contribution in [0.3, 0.4) is 0 Å². The molecule has 0 heterocycles. The zero-order valence-corrected chi connectivity index (χ0v) is 10.7. The molecule has 2 saturated carbocycles. The maximum absolute atomic E-state index is 9.63. The van der Waals surface area contributed by atoms with Crippen LogP contribution in [0.4, 0.5) is 0 Å². The third-order valence-electron chi connectivity index (χ3n) is 6.51. The molecule has 1 nitrogen and oxygen atoms in total. The summed E-state index contributed by atoms with van der Waals surface area (Å²) in [5.41, 5.74) is 1.12. The maximum Gasteiger partial charge on any atom is 0.0467 e. The molecule has 0 aromatic heterocycles. The molecular formula is C16H22O. The summed E-state index contributed by atoms with van der Waals surface area (Å²) in [5, 5.41) is 9.63. The Morgan fingerprint density at radius 3 is 2.59 bits per heavy atom. The van der Waals surface area contributed by atoms with Gasteiger partial charge in [-0.3, -0.25) is 0 Å². The van der Waals surface area contributed by atoms with Crippen molar-refractivity contribution in [2.75, 3.05) is 6.61 Å². The van der Waals surface area contributed by atoms with E-state index in [2.05, 4.69) is 31.2 Å². The van der Waals surface area contributed by atoms with E-state index in [0.29, 0.717) is 23.4 Å². The monoisotopic (exact) mass is 230 g/mol. The van der Waals surface area contributed by atoms with Gasteiger partial charge in [-0.15, -0.1) is 0 Å². The zero-order valence-electron chi connectivity index (χ0n) is 10.7. The average Bonchev–Trinajstić information content (AvgIpc) is 3.04. The molecule has 0 radical (unpaired) electrons. The van der Waals surface area contributed by atoms with Gasteiger partial charge in [-0.2, -0.15) is 0 Å². The number of rotatable bonds is 2. The van der Waals surface area contributed by atoms with Gasteiger partial charge in [-0.25, -0.2) is 0 Å². The van der Waals surface area contributed by atoms with Gasteiger partial charge < -0.3 is 5.11 Å². The van der Waals surface area contributed by atoms with Gasteiger partial charge in [-0.05, 0) is 60.2 Å². The fourth-order valence-corrected chi connectivity index (χ4v) is 5.43. The molecule has 4 unspecified atom stereocenters. The van der Waals surface area contributed by atoms with E-state index in [9.17, 15) is 5.11 Å². The predicted octanol–water partition coefficient (Wildman–Crippen LogP) is 3.31. The molecule has 17 heavy (non-hydrogen) atoms. The molecule has 0 aromatic carbocycles. The third-order valence-corrected chi connectivity index (χ3v) is 6.51. The zero-order chi connectivity index (χ0) is 11.7. The van der Waals surface area contributed by atoms with Crippen LogP contribution in [0.1, 0.15) is 39.0 Å². The van der Waals surface area contributed by atoms with Gasteiger partial charge in [0.15, 0.2) is 0 Å². The summed E-state index contributed by atoms with van der Waals surface area (Å²) in [4.78, 5) is 0. The summed E-state index contributed by atoms with van der Waals surface area (Å²) in [7, 11) is 0. The number of fused-ring (bicyclic) bond motifs is 5. The lowest BCUT2D eigenvalue weighted by molar-refractivity contribution is 0.132. The molecule has 0 aliphatic heterocycles. The second kappa shape index (κ2) is 2.88. The van der Waals surface area contributed by atoms with Crippen LogP contribution in [0.2, 0.25) is 0 Å². The topological polar surface area (TPSA) is 20.2 Å². The van der Waals surface area contributed by atoms with E-state index in [1.165, 1.54) is 32.1 Å². The van der Waals surface area contributed by atoms with Crippen molar-refractivity contribution >= 4 is 0 Å². The minimum Gasteiger partial charge on any atom is -0.396 e. The number of allylic oxidation sites excluding steroid dienone is 4. The average molecular weight is 230 g/mol. The Hall–Kier alpha value is -0.560. The van der Waals surface area contributed by atoms with Gasteiger partial charge in [0.25, 0.3) is 0 Å². The van der Waals surface area contributed by atoms with Crippen LogP contribution in [0.15, 0.2) is 24.3 Å². The van der Waals surface area contributed by atoms with Gasteiger partial charge in [0.2, 0.25) is 0 Å². The van der Waals surface area contributed by atoms with Crippen molar-refractivity contribution in [1.29, 1.82) is 0 Å². The molecule has 1 heteroatoms. The standard InChI is InChI=1S/C16H22O/c1-14-6-7-16(11-14,9-13(14)10-17)15-4-2-12(8-15)3-5-15/h2,4,6-7,12-13,17H,3,5,8-11H2,1H3/t12?,13?,14-,15?,16?/m0/s1. The summed E-state index contributed by atoms with van der Waals surface area (Å²) in [6.45, 7) is 2.71. The van der Waals surface area contributed by atoms with Gasteiger partial charge in [0.05, 0.1) is 0 Å². The van der Waals surface area contributed by atoms with Crippen molar-refractivity contribution in [1.82, 2.24) is 0 Å². The van der Waals surface area contributed by atoms with E-state index in [-0.39, 0.29) is 5.41 Å². The van der Waals surface area contributed by atoms with Crippen molar-refractivity contribution in [3.8, 4) is 0 Å². The van der Waals surface area contributed by atoms with Crippen molar-refractivity contribution in [2.45, 2.75) is 39.0 Å². The van der Waals surface area contributed by atoms with Crippen LogP contribution in [0, 0.1) is 28.1 Å².